The second kappa shape index (κ2) is 6.51. The summed E-state index contributed by atoms with van der Waals surface area (Å²) in [6.45, 7) is 1.00. The van der Waals surface area contributed by atoms with Crippen LogP contribution in [0.4, 0.5) is 0 Å². The van der Waals surface area contributed by atoms with E-state index >= 15 is 0 Å². The van der Waals surface area contributed by atoms with Crippen molar-refractivity contribution in [3.8, 4) is 0 Å². The third-order valence-corrected chi connectivity index (χ3v) is 2.13. The number of hydrogen-bond acceptors (Lipinski definition) is 2. The zero-order chi connectivity index (χ0) is 10.2. The average Bonchev–Trinajstić information content (AvgIpc) is 2.25. The SMILES string of the molecule is O=C/C(Br)=C/COCc1ccccc1. The standard InChI is InChI=1S/C11H11BrO2/c12-11(8-13)6-7-14-9-10-4-2-1-3-5-10/h1-6,8H,7,9H2/b11-6-. The van der Waals surface area contributed by atoms with Gasteiger partial charge in [0.05, 0.1) is 17.7 Å². The lowest BCUT2D eigenvalue weighted by molar-refractivity contribution is -0.104. The molecule has 2 nitrogen and oxygen atoms in total. The fourth-order valence-electron chi connectivity index (χ4n) is 0.938. The van der Waals surface area contributed by atoms with Gasteiger partial charge in [0.15, 0.2) is 6.29 Å². The topological polar surface area (TPSA) is 26.3 Å². The van der Waals surface area contributed by atoms with Gasteiger partial charge in [0.25, 0.3) is 0 Å². The van der Waals surface area contributed by atoms with Crippen molar-refractivity contribution in [2.24, 2.45) is 0 Å². The van der Waals surface area contributed by atoms with Gasteiger partial charge in [-0.3, -0.25) is 4.79 Å². The van der Waals surface area contributed by atoms with E-state index in [1.807, 2.05) is 30.3 Å². The van der Waals surface area contributed by atoms with Crippen LogP contribution in [0.2, 0.25) is 0 Å². The van der Waals surface area contributed by atoms with Crippen LogP contribution >= 0.6 is 15.9 Å². The summed E-state index contributed by atoms with van der Waals surface area (Å²) in [6.07, 6.45) is 2.43. The monoisotopic (exact) mass is 254 g/mol. The lowest BCUT2D eigenvalue weighted by Crippen LogP contribution is -1.92. The van der Waals surface area contributed by atoms with E-state index in [0.29, 0.717) is 17.7 Å². The molecule has 0 N–H and O–H groups in total. The van der Waals surface area contributed by atoms with E-state index in [2.05, 4.69) is 15.9 Å². The van der Waals surface area contributed by atoms with Crippen LogP contribution in [0.5, 0.6) is 0 Å². The zero-order valence-electron chi connectivity index (χ0n) is 7.65. The van der Waals surface area contributed by atoms with Crippen LogP contribution in [-0.2, 0) is 16.1 Å². The summed E-state index contributed by atoms with van der Waals surface area (Å²) in [5.74, 6) is 0. The van der Waals surface area contributed by atoms with Gasteiger partial charge < -0.3 is 4.74 Å². The first-order valence-electron chi connectivity index (χ1n) is 4.25. The molecule has 0 atom stereocenters. The van der Waals surface area contributed by atoms with Crippen LogP contribution in [0.25, 0.3) is 0 Å². The minimum Gasteiger partial charge on any atom is -0.373 e. The Balaban J connectivity index is 2.26. The molecule has 0 aliphatic rings. The van der Waals surface area contributed by atoms with Crippen LogP contribution in [0.15, 0.2) is 40.9 Å². The number of ether oxygens (including phenoxy) is 1. The van der Waals surface area contributed by atoms with Crippen molar-refractivity contribution >= 4 is 22.2 Å². The summed E-state index contributed by atoms with van der Waals surface area (Å²) in [5.41, 5.74) is 1.13. The molecule has 3 heteroatoms. The van der Waals surface area contributed by atoms with E-state index in [0.717, 1.165) is 11.8 Å². The van der Waals surface area contributed by atoms with E-state index in [1.54, 1.807) is 6.08 Å². The number of allylic oxidation sites excluding steroid dienone is 1. The van der Waals surface area contributed by atoms with E-state index in [1.165, 1.54) is 0 Å². The number of halogens is 1. The Morgan fingerprint density at radius 3 is 2.71 bits per heavy atom. The number of carbonyl (C=O) groups is 1. The summed E-state index contributed by atoms with van der Waals surface area (Å²) >= 11 is 3.08. The van der Waals surface area contributed by atoms with Crippen LogP contribution in [0.1, 0.15) is 5.56 Å². The predicted molar refractivity (Wildman–Crippen MR) is 59.2 cm³/mol. The van der Waals surface area contributed by atoms with Crippen molar-refractivity contribution in [1.82, 2.24) is 0 Å². The van der Waals surface area contributed by atoms with Crippen molar-refractivity contribution < 1.29 is 9.53 Å². The molecule has 1 aromatic rings. The highest BCUT2D eigenvalue weighted by Crippen LogP contribution is 2.02. The van der Waals surface area contributed by atoms with Gasteiger partial charge in [0.2, 0.25) is 0 Å². The minimum atomic E-state index is 0.439. The molecule has 1 rings (SSSR count). The molecule has 0 fully saturated rings. The summed E-state index contributed by atoms with van der Waals surface area (Å²) in [5, 5.41) is 0. The molecule has 14 heavy (non-hydrogen) atoms. The average molecular weight is 255 g/mol. The largest absolute Gasteiger partial charge is 0.373 e. The molecule has 0 spiro atoms. The first-order chi connectivity index (χ1) is 6.83. The number of carbonyl (C=O) groups excluding carboxylic acids is 1. The highest BCUT2D eigenvalue weighted by atomic mass is 79.9. The Morgan fingerprint density at radius 1 is 1.36 bits per heavy atom. The second-order valence-corrected chi connectivity index (χ2v) is 3.62. The highest BCUT2D eigenvalue weighted by Gasteiger charge is 1.90. The summed E-state index contributed by atoms with van der Waals surface area (Å²) in [7, 11) is 0. The van der Waals surface area contributed by atoms with E-state index in [4.69, 9.17) is 4.74 Å². The molecule has 0 bridgehead atoms. The summed E-state index contributed by atoms with van der Waals surface area (Å²) in [6, 6.07) is 9.90. The quantitative estimate of drug-likeness (QED) is 0.459. The van der Waals surface area contributed by atoms with Crippen molar-refractivity contribution in [2.75, 3.05) is 6.61 Å². The fraction of sp³-hybridized carbons (Fsp3) is 0.182. The predicted octanol–water partition coefficient (Wildman–Crippen LogP) is 2.68. The molecular formula is C11H11BrO2. The van der Waals surface area contributed by atoms with Crippen molar-refractivity contribution in [3.63, 3.8) is 0 Å². The minimum absolute atomic E-state index is 0.439. The first-order valence-corrected chi connectivity index (χ1v) is 5.04. The maximum atomic E-state index is 10.2. The number of rotatable bonds is 5. The van der Waals surface area contributed by atoms with Gasteiger partial charge in [-0.25, -0.2) is 0 Å². The molecule has 0 aliphatic carbocycles. The van der Waals surface area contributed by atoms with Crippen molar-refractivity contribution in [1.29, 1.82) is 0 Å². The molecule has 74 valence electrons. The zero-order valence-corrected chi connectivity index (χ0v) is 9.24. The van der Waals surface area contributed by atoms with Crippen LogP contribution in [-0.4, -0.2) is 12.9 Å². The Hall–Kier alpha value is -0.930. The van der Waals surface area contributed by atoms with E-state index < -0.39 is 0 Å². The molecule has 0 aliphatic heterocycles. The molecule has 0 saturated heterocycles. The molecule has 0 heterocycles. The Morgan fingerprint density at radius 2 is 2.07 bits per heavy atom. The third kappa shape index (κ3) is 4.35. The van der Waals surface area contributed by atoms with Crippen LogP contribution in [0, 0.1) is 0 Å². The van der Waals surface area contributed by atoms with Gasteiger partial charge in [-0.15, -0.1) is 0 Å². The Labute approximate surface area is 91.7 Å². The highest BCUT2D eigenvalue weighted by molar-refractivity contribution is 9.12. The van der Waals surface area contributed by atoms with E-state index in [-0.39, 0.29) is 0 Å². The van der Waals surface area contributed by atoms with Crippen LogP contribution in [0.3, 0.4) is 0 Å². The number of hydrogen-bond donors (Lipinski definition) is 0. The molecular weight excluding hydrogens is 244 g/mol. The fourth-order valence-corrected chi connectivity index (χ4v) is 1.07. The summed E-state index contributed by atoms with van der Waals surface area (Å²) < 4.78 is 5.85. The van der Waals surface area contributed by atoms with Gasteiger partial charge in [0, 0.05) is 0 Å². The smallest absolute Gasteiger partial charge is 0.156 e. The van der Waals surface area contributed by atoms with Gasteiger partial charge in [-0.2, -0.15) is 0 Å². The Kier molecular flexibility index (Phi) is 5.19. The Bertz CT molecular complexity index is 306. The molecule has 0 unspecified atom stereocenters. The summed E-state index contributed by atoms with van der Waals surface area (Å²) in [4.78, 5) is 10.2. The molecule has 0 amide bonds. The molecule has 0 saturated carbocycles. The van der Waals surface area contributed by atoms with Crippen molar-refractivity contribution in [2.45, 2.75) is 6.61 Å². The number of aldehydes is 1. The van der Waals surface area contributed by atoms with Gasteiger partial charge in [-0.05, 0) is 27.6 Å². The lowest BCUT2D eigenvalue weighted by atomic mass is 10.2. The van der Waals surface area contributed by atoms with Gasteiger partial charge in [-0.1, -0.05) is 30.3 Å². The van der Waals surface area contributed by atoms with Crippen molar-refractivity contribution in [3.05, 3.63) is 46.5 Å². The first kappa shape index (κ1) is 11.1. The van der Waals surface area contributed by atoms with E-state index in [9.17, 15) is 4.79 Å². The molecule has 1 aromatic carbocycles. The van der Waals surface area contributed by atoms with Gasteiger partial charge in [0.1, 0.15) is 0 Å². The lowest BCUT2D eigenvalue weighted by Gasteiger charge is -2.00. The second-order valence-electron chi connectivity index (χ2n) is 2.71. The maximum absolute atomic E-state index is 10.2. The number of benzene rings is 1. The van der Waals surface area contributed by atoms with Crippen LogP contribution < -0.4 is 0 Å². The maximum Gasteiger partial charge on any atom is 0.156 e. The molecule has 0 aromatic heterocycles. The third-order valence-electron chi connectivity index (χ3n) is 1.62. The normalized spacial score (nSPS) is 11.4. The molecule has 0 radical (unpaired) electrons. The van der Waals surface area contributed by atoms with Gasteiger partial charge >= 0.3 is 0 Å².